The van der Waals surface area contributed by atoms with Crippen molar-refractivity contribution >= 4 is 39.7 Å². The molecule has 8 heteroatoms. The number of primary amides is 1. The molecule has 0 saturated carbocycles. The van der Waals surface area contributed by atoms with Crippen LogP contribution >= 0.6 is 22.9 Å². The van der Waals surface area contributed by atoms with Crippen LogP contribution in [-0.2, 0) is 6.54 Å². The van der Waals surface area contributed by atoms with Crippen LogP contribution in [0.2, 0.25) is 5.02 Å². The Balaban J connectivity index is 1.68. The molecular weight excluding hydrogens is 423 g/mol. The Morgan fingerprint density at radius 1 is 1.20 bits per heavy atom. The van der Waals surface area contributed by atoms with Crippen LogP contribution in [0.1, 0.15) is 21.6 Å². The summed E-state index contributed by atoms with van der Waals surface area (Å²) in [5.41, 5.74) is 10.0. The summed E-state index contributed by atoms with van der Waals surface area (Å²) in [6.07, 6.45) is 0. The molecule has 3 N–H and O–H groups in total. The first-order valence-corrected chi connectivity index (χ1v) is 10.4. The number of hydrogen-bond acceptors (Lipinski definition) is 4. The molecule has 0 aliphatic heterocycles. The van der Waals surface area contributed by atoms with Gasteiger partial charge in [-0.2, -0.15) is 0 Å². The highest BCUT2D eigenvalue weighted by atomic mass is 35.5. The summed E-state index contributed by atoms with van der Waals surface area (Å²) >= 11 is 7.38. The van der Waals surface area contributed by atoms with E-state index in [4.69, 9.17) is 17.3 Å². The second-order valence-corrected chi connectivity index (χ2v) is 8.07. The molecule has 0 bridgehead atoms. The molecular formula is C22H18ClFN4OS. The summed E-state index contributed by atoms with van der Waals surface area (Å²) < 4.78 is 15.2. The first-order chi connectivity index (χ1) is 14.4. The molecule has 5 nitrogen and oxygen atoms in total. The quantitative estimate of drug-likeness (QED) is 0.409. The smallest absolute Gasteiger partial charge is 0.250 e. The van der Waals surface area contributed by atoms with Gasteiger partial charge in [0.2, 0.25) is 0 Å². The molecule has 2 aromatic heterocycles. The Morgan fingerprint density at radius 2 is 1.90 bits per heavy atom. The highest BCUT2D eigenvalue weighted by molar-refractivity contribution is 7.14. The van der Waals surface area contributed by atoms with Crippen molar-refractivity contribution in [2.45, 2.75) is 13.5 Å². The van der Waals surface area contributed by atoms with E-state index in [1.54, 1.807) is 30.3 Å². The number of rotatable bonds is 6. The Hall–Kier alpha value is -3.16. The number of halogens is 2. The molecule has 2 aromatic carbocycles. The number of carbonyl (C=O) groups excluding carboxylic acids is 1. The van der Waals surface area contributed by atoms with Gasteiger partial charge in [0, 0.05) is 28.3 Å². The van der Waals surface area contributed by atoms with Crippen molar-refractivity contribution in [3.8, 4) is 11.4 Å². The van der Waals surface area contributed by atoms with Gasteiger partial charge in [-0.15, -0.1) is 11.3 Å². The standard InChI is InChI=1S/C22H18ClFN4OS/c1-13-18(21(25)29)10-20(28(13)11-14-2-6-16(24)7-3-14)19-12-30-22(27-19)26-17-8-4-15(23)5-9-17/h2-10,12H,11H2,1H3,(H2,25,29)(H,26,27). The summed E-state index contributed by atoms with van der Waals surface area (Å²) in [6, 6.07) is 15.4. The van der Waals surface area contributed by atoms with Crippen LogP contribution in [0.15, 0.2) is 60.0 Å². The summed E-state index contributed by atoms with van der Waals surface area (Å²) in [7, 11) is 0. The van der Waals surface area contributed by atoms with Gasteiger partial charge in [0.25, 0.3) is 5.91 Å². The SMILES string of the molecule is Cc1c(C(N)=O)cc(-c2csc(Nc3ccc(Cl)cc3)n2)n1Cc1ccc(F)cc1. The van der Waals surface area contributed by atoms with E-state index in [2.05, 4.69) is 10.3 Å². The third-order valence-electron chi connectivity index (χ3n) is 4.75. The molecule has 152 valence electrons. The predicted molar refractivity (Wildman–Crippen MR) is 119 cm³/mol. The van der Waals surface area contributed by atoms with Crippen LogP contribution < -0.4 is 11.1 Å². The number of thiazole rings is 1. The minimum absolute atomic E-state index is 0.293. The van der Waals surface area contributed by atoms with E-state index in [9.17, 15) is 9.18 Å². The maximum Gasteiger partial charge on any atom is 0.250 e. The van der Waals surface area contributed by atoms with Gasteiger partial charge in [0.15, 0.2) is 5.13 Å². The molecule has 0 saturated heterocycles. The second kappa shape index (κ2) is 8.30. The van der Waals surface area contributed by atoms with Crippen molar-refractivity contribution in [2.24, 2.45) is 5.73 Å². The number of hydrogen-bond donors (Lipinski definition) is 2. The number of amides is 1. The average molecular weight is 441 g/mol. The summed E-state index contributed by atoms with van der Waals surface area (Å²) in [5, 5.41) is 6.53. The highest BCUT2D eigenvalue weighted by Gasteiger charge is 2.19. The molecule has 2 heterocycles. The number of nitrogens with two attached hydrogens (primary N) is 1. The minimum atomic E-state index is -0.499. The van der Waals surface area contributed by atoms with Crippen molar-refractivity contribution in [3.63, 3.8) is 0 Å². The van der Waals surface area contributed by atoms with Crippen LogP contribution in [0, 0.1) is 12.7 Å². The zero-order chi connectivity index (χ0) is 21.3. The van der Waals surface area contributed by atoms with Gasteiger partial charge in [-0.3, -0.25) is 4.79 Å². The summed E-state index contributed by atoms with van der Waals surface area (Å²) in [4.78, 5) is 16.6. The number of carbonyl (C=O) groups is 1. The first kappa shape index (κ1) is 20.1. The molecule has 0 atom stereocenters. The maximum atomic E-state index is 13.3. The zero-order valence-corrected chi connectivity index (χ0v) is 17.6. The van der Waals surface area contributed by atoms with Crippen LogP contribution in [0.5, 0.6) is 0 Å². The van der Waals surface area contributed by atoms with E-state index in [1.165, 1.54) is 23.5 Å². The summed E-state index contributed by atoms with van der Waals surface area (Å²) in [6.45, 7) is 2.30. The molecule has 4 aromatic rings. The van der Waals surface area contributed by atoms with Crippen molar-refractivity contribution in [2.75, 3.05) is 5.32 Å². The summed E-state index contributed by atoms with van der Waals surface area (Å²) in [5.74, 6) is -0.792. The van der Waals surface area contributed by atoms with Gasteiger partial charge in [0.1, 0.15) is 5.82 Å². The third kappa shape index (κ3) is 4.22. The fourth-order valence-corrected chi connectivity index (χ4v) is 4.04. The van der Waals surface area contributed by atoms with Gasteiger partial charge >= 0.3 is 0 Å². The predicted octanol–water partition coefficient (Wildman–Crippen LogP) is 5.60. The van der Waals surface area contributed by atoms with Gasteiger partial charge in [-0.1, -0.05) is 23.7 Å². The normalized spacial score (nSPS) is 10.9. The largest absolute Gasteiger partial charge is 0.366 e. The van der Waals surface area contributed by atoms with E-state index < -0.39 is 5.91 Å². The Bertz CT molecular complexity index is 1200. The van der Waals surface area contributed by atoms with E-state index in [0.717, 1.165) is 22.6 Å². The lowest BCUT2D eigenvalue weighted by molar-refractivity contribution is 0.0999. The van der Waals surface area contributed by atoms with Crippen LogP contribution in [0.25, 0.3) is 11.4 Å². The number of anilines is 2. The van der Waals surface area contributed by atoms with Crippen molar-refractivity contribution < 1.29 is 9.18 Å². The lowest BCUT2D eigenvalue weighted by Crippen LogP contribution is -2.12. The van der Waals surface area contributed by atoms with Crippen LogP contribution in [-0.4, -0.2) is 15.5 Å². The van der Waals surface area contributed by atoms with E-state index in [1.807, 2.05) is 29.0 Å². The molecule has 0 aliphatic rings. The van der Waals surface area contributed by atoms with E-state index >= 15 is 0 Å². The van der Waals surface area contributed by atoms with Crippen molar-refractivity contribution in [1.29, 1.82) is 0 Å². The van der Waals surface area contributed by atoms with Gasteiger partial charge < -0.3 is 15.6 Å². The number of benzene rings is 2. The molecule has 0 radical (unpaired) electrons. The minimum Gasteiger partial charge on any atom is -0.366 e. The Kier molecular flexibility index (Phi) is 5.57. The second-order valence-electron chi connectivity index (χ2n) is 6.78. The highest BCUT2D eigenvalue weighted by Crippen LogP contribution is 2.31. The lowest BCUT2D eigenvalue weighted by atomic mass is 10.2. The van der Waals surface area contributed by atoms with Crippen LogP contribution in [0.4, 0.5) is 15.2 Å². The zero-order valence-electron chi connectivity index (χ0n) is 16.0. The Morgan fingerprint density at radius 3 is 2.57 bits per heavy atom. The van der Waals surface area contributed by atoms with Gasteiger partial charge in [-0.05, 0) is 55.0 Å². The van der Waals surface area contributed by atoms with Gasteiger partial charge in [0.05, 0.1) is 17.0 Å². The molecule has 0 unspecified atom stereocenters. The van der Waals surface area contributed by atoms with E-state index in [-0.39, 0.29) is 5.82 Å². The van der Waals surface area contributed by atoms with E-state index in [0.29, 0.717) is 28.0 Å². The molecule has 0 spiro atoms. The van der Waals surface area contributed by atoms with Gasteiger partial charge in [-0.25, -0.2) is 9.37 Å². The van der Waals surface area contributed by atoms with Crippen molar-refractivity contribution in [3.05, 3.63) is 87.6 Å². The topological polar surface area (TPSA) is 72.9 Å². The number of nitrogens with one attached hydrogen (secondary N) is 1. The fraction of sp³-hybridized carbons (Fsp3) is 0.0909. The maximum absolute atomic E-state index is 13.3. The molecule has 0 aliphatic carbocycles. The van der Waals surface area contributed by atoms with Crippen molar-refractivity contribution in [1.82, 2.24) is 9.55 Å². The molecule has 0 fully saturated rings. The number of nitrogens with zero attached hydrogens (tertiary/aromatic N) is 2. The lowest BCUT2D eigenvalue weighted by Gasteiger charge is -2.11. The molecule has 30 heavy (non-hydrogen) atoms. The van der Waals surface area contributed by atoms with Crippen LogP contribution in [0.3, 0.4) is 0 Å². The molecule has 4 rings (SSSR count). The number of aromatic nitrogens is 2. The monoisotopic (exact) mass is 440 g/mol. The third-order valence-corrected chi connectivity index (χ3v) is 5.76. The first-order valence-electron chi connectivity index (χ1n) is 9.13. The Labute approximate surface area is 181 Å². The fourth-order valence-electron chi connectivity index (χ4n) is 3.19. The average Bonchev–Trinajstić information content (AvgIpc) is 3.30. The molecule has 1 amide bonds.